The number of piperazine rings is 1. The lowest BCUT2D eigenvalue weighted by Crippen LogP contribution is -2.60. The predicted octanol–water partition coefficient (Wildman–Crippen LogP) is 4.26. The highest BCUT2D eigenvalue weighted by Crippen LogP contribution is 2.42. The number of anilines is 3. The number of nitrogens with zero attached hydrogens (tertiary/aromatic N) is 6. The first-order valence-electron chi connectivity index (χ1n) is 17.4. The smallest absolute Gasteiger partial charge is 0.410 e. The van der Waals surface area contributed by atoms with Crippen molar-refractivity contribution in [3.05, 3.63) is 35.7 Å². The second-order valence-corrected chi connectivity index (χ2v) is 14.5. The number of amides is 2. The minimum atomic E-state index is -0.647. The van der Waals surface area contributed by atoms with E-state index in [1.54, 1.807) is 0 Å². The number of nitrogens with two attached hydrogens (primary N) is 1. The molecule has 3 saturated heterocycles. The van der Waals surface area contributed by atoms with Gasteiger partial charge in [0.15, 0.2) is 11.5 Å². The fourth-order valence-electron chi connectivity index (χ4n) is 7.42. The van der Waals surface area contributed by atoms with Crippen LogP contribution in [0, 0.1) is 5.92 Å². The van der Waals surface area contributed by atoms with E-state index in [-0.39, 0.29) is 35.7 Å². The van der Waals surface area contributed by atoms with E-state index in [0.717, 1.165) is 57.8 Å². The normalized spacial score (nSPS) is 24.3. The molecule has 1 aromatic carbocycles. The molecule has 4 fully saturated rings. The van der Waals surface area contributed by atoms with E-state index in [2.05, 4.69) is 44.2 Å². The monoisotopic (exact) mass is 648 g/mol. The van der Waals surface area contributed by atoms with Gasteiger partial charge in [0, 0.05) is 81.6 Å². The fraction of sp³-hybridized carbons (Fsp3) is 0.657. The topological polar surface area (TPSA) is 129 Å². The quantitative estimate of drug-likeness (QED) is 0.428. The van der Waals surface area contributed by atoms with E-state index < -0.39 is 11.5 Å². The van der Waals surface area contributed by atoms with Gasteiger partial charge in [-0.15, -0.1) is 0 Å². The Kier molecular flexibility index (Phi) is 9.80. The highest BCUT2D eigenvalue weighted by molar-refractivity contribution is 5.96. The van der Waals surface area contributed by atoms with Crippen molar-refractivity contribution < 1.29 is 19.1 Å². The molecular formula is C35H52N8O4. The van der Waals surface area contributed by atoms with Crippen molar-refractivity contribution in [2.75, 3.05) is 63.1 Å². The minimum Gasteiger partial charge on any atom is -0.473 e. The van der Waals surface area contributed by atoms with Crippen LogP contribution in [0.4, 0.5) is 22.0 Å². The summed E-state index contributed by atoms with van der Waals surface area (Å²) in [7, 11) is 2.20. The number of fused-ring (bicyclic) bond motifs is 1. The average Bonchev–Trinajstić information content (AvgIpc) is 3.02. The number of benzene rings is 1. The molecule has 3 atom stereocenters. The highest BCUT2D eigenvalue weighted by Gasteiger charge is 2.48. The number of hydrogen-bond acceptors (Lipinski definition) is 10. The first kappa shape index (κ1) is 33.3. The summed E-state index contributed by atoms with van der Waals surface area (Å²) in [6, 6.07) is 9.00. The first-order chi connectivity index (χ1) is 22.5. The van der Waals surface area contributed by atoms with Crippen LogP contribution in [0.15, 0.2) is 24.3 Å². The third kappa shape index (κ3) is 7.59. The van der Waals surface area contributed by atoms with Crippen LogP contribution in [0.2, 0.25) is 0 Å². The number of aromatic nitrogens is 2. The molecule has 3 N–H and O–H groups in total. The number of likely N-dealkylation sites (tertiary alicyclic amines) is 1. The SMILES string of the molecule is CCc1nc(C(N)=O)c(Nc2ccc(N3CCC(N4CCN(C)CC4)CC3)cc2)nc1OC1CCN(C(=O)OC(C)(C)C)[C@@H]2CC[C@H]12. The van der Waals surface area contributed by atoms with Gasteiger partial charge in [-0.1, -0.05) is 6.92 Å². The maximum absolute atomic E-state index is 12.9. The Bertz CT molecular complexity index is 1410. The fourth-order valence-corrected chi connectivity index (χ4v) is 7.42. The molecule has 47 heavy (non-hydrogen) atoms. The van der Waals surface area contributed by atoms with Gasteiger partial charge in [0.2, 0.25) is 5.88 Å². The molecule has 1 saturated carbocycles. The van der Waals surface area contributed by atoms with Crippen molar-refractivity contribution in [2.24, 2.45) is 11.7 Å². The summed E-state index contributed by atoms with van der Waals surface area (Å²) in [5.74, 6) is 0.225. The van der Waals surface area contributed by atoms with Crippen molar-refractivity contribution in [1.82, 2.24) is 24.7 Å². The molecule has 2 amide bonds. The van der Waals surface area contributed by atoms with Crippen LogP contribution in [0.25, 0.3) is 0 Å². The molecule has 4 heterocycles. The molecule has 0 bridgehead atoms. The number of carbonyl (C=O) groups is 2. The molecule has 12 heteroatoms. The Hall–Kier alpha value is -3.64. The number of rotatable bonds is 8. The van der Waals surface area contributed by atoms with Gasteiger partial charge in [0.1, 0.15) is 17.4 Å². The van der Waals surface area contributed by atoms with Crippen LogP contribution < -0.4 is 20.7 Å². The summed E-state index contributed by atoms with van der Waals surface area (Å²) in [6.07, 6.45) is 5.07. The van der Waals surface area contributed by atoms with Crippen LogP contribution in [-0.2, 0) is 11.2 Å². The molecule has 6 rings (SSSR count). The second kappa shape index (κ2) is 13.8. The molecule has 0 radical (unpaired) electrons. The van der Waals surface area contributed by atoms with Gasteiger partial charge in [-0.3, -0.25) is 9.69 Å². The molecule has 12 nitrogen and oxygen atoms in total. The highest BCUT2D eigenvalue weighted by atomic mass is 16.6. The number of aryl methyl sites for hydroxylation is 1. The maximum Gasteiger partial charge on any atom is 0.410 e. The van der Waals surface area contributed by atoms with E-state index >= 15 is 0 Å². The van der Waals surface area contributed by atoms with Crippen LogP contribution >= 0.6 is 0 Å². The molecule has 2 aromatic rings. The van der Waals surface area contributed by atoms with Crippen LogP contribution in [0.3, 0.4) is 0 Å². The van der Waals surface area contributed by atoms with Gasteiger partial charge in [-0.05, 0) is 84.2 Å². The molecule has 3 aliphatic heterocycles. The lowest BCUT2D eigenvalue weighted by atomic mass is 9.71. The summed E-state index contributed by atoms with van der Waals surface area (Å²) in [5, 5.41) is 3.29. The summed E-state index contributed by atoms with van der Waals surface area (Å²) < 4.78 is 12.2. The lowest BCUT2D eigenvalue weighted by molar-refractivity contribution is -0.0660. The van der Waals surface area contributed by atoms with E-state index in [0.29, 0.717) is 37.0 Å². The Morgan fingerprint density at radius 2 is 1.64 bits per heavy atom. The Balaban J connectivity index is 1.11. The van der Waals surface area contributed by atoms with Gasteiger partial charge in [-0.25, -0.2) is 9.78 Å². The van der Waals surface area contributed by atoms with Crippen molar-refractivity contribution >= 4 is 29.2 Å². The van der Waals surface area contributed by atoms with Gasteiger partial charge in [0.05, 0.1) is 0 Å². The third-order valence-corrected chi connectivity index (χ3v) is 10.2. The molecule has 4 aliphatic rings. The lowest BCUT2D eigenvalue weighted by Gasteiger charge is -2.51. The molecule has 0 spiro atoms. The standard InChI is InChI=1S/C35H52N8O4/c1-6-27-33(46-29-15-18-43(28-12-11-26(28)29)34(45)47-35(2,3)4)39-32(30(38-27)31(36)44)37-23-7-9-24(10-8-23)41-16-13-25(14-17-41)42-21-19-40(5)20-22-42/h7-10,25-26,28-29H,6,11-22H2,1-5H3,(H2,36,44)(H,37,39)/t26-,28+,29?/m0/s1. The van der Waals surface area contributed by atoms with Gasteiger partial charge >= 0.3 is 6.09 Å². The van der Waals surface area contributed by atoms with Gasteiger partial charge in [0.25, 0.3) is 5.91 Å². The molecule has 256 valence electrons. The third-order valence-electron chi connectivity index (χ3n) is 10.2. The van der Waals surface area contributed by atoms with E-state index in [1.165, 1.54) is 18.5 Å². The number of piperidine rings is 2. The molecule has 1 unspecified atom stereocenters. The van der Waals surface area contributed by atoms with Crippen LogP contribution in [0.5, 0.6) is 5.88 Å². The van der Waals surface area contributed by atoms with Crippen molar-refractivity contribution in [3.8, 4) is 5.88 Å². The zero-order valence-electron chi connectivity index (χ0n) is 28.7. The zero-order valence-corrected chi connectivity index (χ0v) is 28.7. The van der Waals surface area contributed by atoms with Gasteiger partial charge < -0.3 is 35.2 Å². The van der Waals surface area contributed by atoms with E-state index in [1.807, 2.05) is 44.7 Å². The Labute approximate surface area is 279 Å². The summed E-state index contributed by atoms with van der Waals surface area (Å²) in [6.45, 7) is 14.9. The number of ether oxygens (including phenoxy) is 2. The summed E-state index contributed by atoms with van der Waals surface area (Å²) in [5.41, 5.74) is 7.89. The van der Waals surface area contributed by atoms with Crippen molar-refractivity contribution in [2.45, 2.75) is 90.0 Å². The van der Waals surface area contributed by atoms with Gasteiger partial charge in [-0.2, -0.15) is 4.98 Å². The van der Waals surface area contributed by atoms with Crippen molar-refractivity contribution in [1.29, 1.82) is 0 Å². The van der Waals surface area contributed by atoms with Crippen LogP contribution in [-0.4, -0.2) is 113 Å². The number of carbonyl (C=O) groups excluding carboxylic acids is 2. The van der Waals surface area contributed by atoms with E-state index in [9.17, 15) is 9.59 Å². The summed E-state index contributed by atoms with van der Waals surface area (Å²) >= 11 is 0. The first-order valence-corrected chi connectivity index (χ1v) is 17.4. The Morgan fingerprint density at radius 3 is 2.23 bits per heavy atom. The number of likely N-dealkylation sites (N-methyl/N-ethyl adjacent to an activating group) is 1. The van der Waals surface area contributed by atoms with Crippen LogP contribution in [0.1, 0.15) is 76.0 Å². The molecule has 1 aliphatic carbocycles. The Morgan fingerprint density at radius 1 is 0.936 bits per heavy atom. The summed E-state index contributed by atoms with van der Waals surface area (Å²) in [4.78, 5) is 44.1. The zero-order chi connectivity index (χ0) is 33.3. The predicted molar refractivity (Wildman–Crippen MR) is 182 cm³/mol. The largest absolute Gasteiger partial charge is 0.473 e. The number of hydrogen-bond donors (Lipinski definition) is 2. The maximum atomic E-state index is 12.9. The number of primary amides is 1. The molecule has 1 aromatic heterocycles. The second-order valence-electron chi connectivity index (χ2n) is 14.5. The van der Waals surface area contributed by atoms with E-state index in [4.69, 9.17) is 20.2 Å². The van der Waals surface area contributed by atoms with Crippen molar-refractivity contribution in [3.63, 3.8) is 0 Å². The number of nitrogens with one attached hydrogen (secondary N) is 1. The minimum absolute atomic E-state index is 0.0835. The molecular weight excluding hydrogens is 596 g/mol. The average molecular weight is 649 g/mol.